The van der Waals surface area contributed by atoms with Gasteiger partial charge in [-0.25, -0.2) is 0 Å². The van der Waals surface area contributed by atoms with Crippen LogP contribution in [-0.2, 0) is 15.9 Å². The van der Waals surface area contributed by atoms with Crippen molar-refractivity contribution in [2.24, 2.45) is 0 Å². The van der Waals surface area contributed by atoms with Crippen molar-refractivity contribution >= 4 is 24.2 Å². The van der Waals surface area contributed by atoms with Gasteiger partial charge in [0.25, 0.3) is 0 Å². The van der Waals surface area contributed by atoms with Crippen molar-refractivity contribution in [2.75, 3.05) is 13.2 Å². The molecule has 3 aromatic rings. The van der Waals surface area contributed by atoms with Gasteiger partial charge in [-0.1, -0.05) is 41.9 Å². The molecule has 2 heterocycles. The normalized spacial score (nSPS) is 15.2. The molecular weight excluding hydrogens is 301 g/mol. The number of nitrogens with zero attached hydrogens (tertiary/aromatic N) is 1. The van der Waals surface area contributed by atoms with E-state index in [4.69, 9.17) is 17.3 Å². The number of pyridine rings is 1. The Bertz CT molecular complexity index is 877. The third kappa shape index (κ3) is 2.77. The lowest BCUT2D eigenvalue weighted by Gasteiger charge is -2.16. The van der Waals surface area contributed by atoms with E-state index in [-0.39, 0.29) is 11.2 Å². The number of ether oxygens (including phenoxy) is 2. The minimum Gasteiger partial charge on any atom is -0.506 e. The number of hydrogen-bond acceptors (Lipinski definition) is 4. The Morgan fingerprint density at radius 1 is 1.08 bits per heavy atom. The number of benzene rings is 2. The van der Waals surface area contributed by atoms with Gasteiger partial charge in [-0.15, -0.1) is 0 Å². The van der Waals surface area contributed by atoms with E-state index in [9.17, 15) is 5.11 Å². The lowest BCUT2D eigenvalue weighted by atomic mass is 9.89. The Morgan fingerprint density at radius 2 is 1.83 bits per heavy atom. The van der Waals surface area contributed by atoms with E-state index in [1.807, 2.05) is 24.3 Å². The molecule has 5 heteroatoms. The molecule has 0 unspecified atom stereocenters. The first-order valence-electron chi connectivity index (χ1n) is 7.89. The first-order valence-corrected chi connectivity index (χ1v) is 7.89. The number of hydrogen-bond donors (Lipinski definition) is 1. The van der Waals surface area contributed by atoms with Crippen LogP contribution in [0.4, 0.5) is 0 Å². The smallest absolute Gasteiger partial charge is 0.184 e. The molecule has 4 nitrogen and oxygen atoms in total. The third-order valence-corrected chi connectivity index (χ3v) is 4.19. The SMILES string of the molecule is [B]c1cc(C2OCCO2)c2cc(Cc3ccccc3)cnc2c1O. The van der Waals surface area contributed by atoms with E-state index >= 15 is 0 Å². The molecule has 0 spiro atoms. The van der Waals surface area contributed by atoms with Gasteiger partial charge < -0.3 is 14.6 Å². The zero-order chi connectivity index (χ0) is 16.5. The monoisotopic (exact) mass is 317 g/mol. The molecule has 0 amide bonds. The van der Waals surface area contributed by atoms with E-state index in [1.54, 1.807) is 12.3 Å². The molecule has 1 saturated heterocycles. The van der Waals surface area contributed by atoms with E-state index in [0.29, 0.717) is 18.7 Å². The van der Waals surface area contributed by atoms with Crippen LogP contribution in [0.3, 0.4) is 0 Å². The van der Waals surface area contributed by atoms with Crippen LogP contribution >= 0.6 is 0 Å². The highest BCUT2D eigenvalue weighted by molar-refractivity contribution is 6.35. The molecule has 1 aliphatic heterocycles. The zero-order valence-corrected chi connectivity index (χ0v) is 13.1. The predicted molar refractivity (Wildman–Crippen MR) is 92.7 cm³/mol. The molecule has 2 radical (unpaired) electrons. The van der Waals surface area contributed by atoms with Gasteiger partial charge in [0.1, 0.15) is 19.1 Å². The fraction of sp³-hybridized carbons (Fsp3) is 0.211. The van der Waals surface area contributed by atoms with Crippen LogP contribution in [-0.4, -0.2) is 31.2 Å². The number of aromatic nitrogens is 1. The maximum Gasteiger partial charge on any atom is 0.184 e. The Kier molecular flexibility index (Phi) is 3.96. The molecule has 118 valence electrons. The maximum absolute atomic E-state index is 10.2. The van der Waals surface area contributed by atoms with Crippen LogP contribution in [0.1, 0.15) is 23.0 Å². The quantitative estimate of drug-likeness (QED) is 0.754. The molecule has 1 aromatic heterocycles. The van der Waals surface area contributed by atoms with Gasteiger partial charge in [0, 0.05) is 17.1 Å². The fourth-order valence-electron chi connectivity index (χ4n) is 3.03. The van der Waals surface area contributed by atoms with E-state index in [0.717, 1.165) is 22.9 Å². The van der Waals surface area contributed by atoms with E-state index < -0.39 is 6.29 Å². The van der Waals surface area contributed by atoms with Gasteiger partial charge in [0.15, 0.2) is 6.29 Å². The Hall–Kier alpha value is -2.37. The molecule has 0 saturated carbocycles. The van der Waals surface area contributed by atoms with E-state index in [1.165, 1.54) is 5.56 Å². The molecule has 1 fully saturated rings. The second kappa shape index (κ2) is 6.26. The molecule has 2 aromatic carbocycles. The van der Waals surface area contributed by atoms with Crippen molar-refractivity contribution in [2.45, 2.75) is 12.7 Å². The summed E-state index contributed by atoms with van der Waals surface area (Å²) in [5.74, 6) is -0.00184. The summed E-state index contributed by atoms with van der Waals surface area (Å²) in [6.45, 7) is 1.09. The summed E-state index contributed by atoms with van der Waals surface area (Å²) in [7, 11) is 5.91. The number of rotatable bonds is 3. The lowest BCUT2D eigenvalue weighted by molar-refractivity contribution is -0.0429. The van der Waals surface area contributed by atoms with Crippen LogP contribution in [0.5, 0.6) is 5.75 Å². The summed E-state index contributed by atoms with van der Waals surface area (Å²) >= 11 is 0. The minimum atomic E-state index is -0.468. The van der Waals surface area contributed by atoms with Gasteiger partial charge >= 0.3 is 0 Å². The lowest BCUT2D eigenvalue weighted by Crippen LogP contribution is -2.10. The molecule has 1 N–H and O–H groups in total. The van der Waals surface area contributed by atoms with Crippen LogP contribution in [0.25, 0.3) is 10.9 Å². The summed E-state index contributed by atoms with van der Waals surface area (Å²) in [6, 6.07) is 13.9. The largest absolute Gasteiger partial charge is 0.506 e. The fourth-order valence-corrected chi connectivity index (χ4v) is 3.03. The Morgan fingerprint density at radius 3 is 2.58 bits per heavy atom. The maximum atomic E-state index is 10.2. The first kappa shape index (κ1) is 15.2. The highest BCUT2D eigenvalue weighted by atomic mass is 16.7. The van der Waals surface area contributed by atoms with Crippen LogP contribution in [0, 0.1) is 0 Å². The highest BCUT2D eigenvalue weighted by Crippen LogP contribution is 2.33. The summed E-state index contributed by atoms with van der Waals surface area (Å²) < 4.78 is 11.2. The van der Waals surface area contributed by atoms with E-state index in [2.05, 4.69) is 17.1 Å². The Balaban J connectivity index is 1.82. The van der Waals surface area contributed by atoms with Crippen LogP contribution < -0.4 is 5.46 Å². The second-order valence-electron chi connectivity index (χ2n) is 5.88. The van der Waals surface area contributed by atoms with Crippen molar-refractivity contribution in [3.8, 4) is 5.75 Å². The number of phenolic OH excluding ortho intramolecular Hbond substituents is 1. The van der Waals surface area contributed by atoms with Crippen molar-refractivity contribution in [3.05, 3.63) is 65.4 Å². The predicted octanol–water partition coefficient (Wildman–Crippen LogP) is 2.37. The molecule has 24 heavy (non-hydrogen) atoms. The summed E-state index contributed by atoms with van der Waals surface area (Å²) in [5.41, 5.74) is 3.81. The minimum absolute atomic E-state index is 0.00184. The molecule has 0 bridgehead atoms. The average molecular weight is 317 g/mol. The van der Waals surface area contributed by atoms with Crippen molar-refractivity contribution in [3.63, 3.8) is 0 Å². The second-order valence-corrected chi connectivity index (χ2v) is 5.88. The van der Waals surface area contributed by atoms with Gasteiger partial charge in [-0.2, -0.15) is 0 Å². The summed E-state index contributed by atoms with van der Waals surface area (Å²) in [6.07, 6.45) is 2.07. The van der Waals surface area contributed by atoms with Gasteiger partial charge in [0.2, 0.25) is 0 Å². The molecule has 4 rings (SSSR count). The standard InChI is InChI=1S/C19H16BNO3/c20-16-10-15(19-23-6-7-24-19)14-9-13(11-21-17(14)18(16)22)8-12-4-2-1-3-5-12/h1-5,9-11,19,22H,6-8H2. The van der Waals surface area contributed by atoms with Gasteiger partial charge in [-0.05, 0) is 23.6 Å². The highest BCUT2D eigenvalue weighted by Gasteiger charge is 2.23. The third-order valence-electron chi connectivity index (χ3n) is 4.19. The number of phenols is 1. The number of fused-ring (bicyclic) bond motifs is 1. The van der Waals surface area contributed by atoms with Gasteiger partial charge in [-0.3, -0.25) is 4.98 Å². The Labute approximate surface area is 141 Å². The summed E-state index contributed by atoms with van der Waals surface area (Å²) in [4.78, 5) is 4.43. The number of aromatic hydroxyl groups is 1. The van der Waals surface area contributed by atoms with Crippen molar-refractivity contribution in [1.29, 1.82) is 0 Å². The van der Waals surface area contributed by atoms with Gasteiger partial charge in [0.05, 0.1) is 13.2 Å². The van der Waals surface area contributed by atoms with Crippen molar-refractivity contribution in [1.82, 2.24) is 4.98 Å². The molecular formula is C19H16BNO3. The topological polar surface area (TPSA) is 51.6 Å². The molecule has 0 atom stereocenters. The molecule has 0 aliphatic carbocycles. The van der Waals surface area contributed by atoms with Crippen molar-refractivity contribution < 1.29 is 14.6 Å². The summed E-state index contributed by atoms with van der Waals surface area (Å²) in [5, 5.41) is 11.0. The van der Waals surface area contributed by atoms with Crippen LogP contribution in [0.2, 0.25) is 0 Å². The average Bonchev–Trinajstić information content (AvgIpc) is 3.13. The zero-order valence-electron chi connectivity index (χ0n) is 13.1. The molecule has 1 aliphatic rings. The van der Waals surface area contributed by atoms with Crippen LogP contribution in [0.15, 0.2) is 48.7 Å². The first-order chi connectivity index (χ1) is 11.7.